The maximum absolute atomic E-state index is 10.3. The molecule has 0 aliphatic rings. The fourth-order valence-corrected chi connectivity index (χ4v) is 3.07. The normalized spacial score (nSPS) is 15.2. The van der Waals surface area contributed by atoms with E-state index in [1.807, 2.05) is 6.21 Å². The minimum atomic E-state index is -2.00. The molecule has 0 aromatic carbocycles. The van der Waals surface area contributed by atoms with E-state index in [1.54, 1.807) is 0 Å². The van der Waals surface area contributed by atoms with Crippen LogP contribution < -0.4 is 11.2 Å². The lowest BCUT2D eigenvalue weighted by molar-refractivity contribution is 0.257. The van der Waals surface area contributed by atoms with Crippen molar-refractivity contribution in [2.45, 2.75) is 45.4 Å². The van der Waals surface area contributed by atoms with E-state index < -0.39 is 12.4 Å². The van der Waals surface area contributed by atoms with E-state index in [2.05, 4.69) is 16.7 Å². The van der Waals surface area contributed by atoms with Crippen LogP contribution in [0.2, 0.25) is 0 Å². The first-order valence-electron chi connectivity index (χ1n) is 6.21. The lowest BCUT2D eigenvalue weighted by Crippen LogP contribution is -2.03. The van der Waals surface area contributed by atoms with Gasteiger partial charge in [-0.1, -0.05) is 31.6 Å². The first kappa shape index (κ1) is 17.4. The van der Waals surface area contributed by atoms with Crippen LogP contribution in [0.15, 0.2) is 9.76 Å². The van der Waals surface area contributed by atoms with E-state index in [0.717, 1.165) is 38.3 Å². The van der Waals surface area contributed by atoms with Gasteiger partial charge in [0.15, 0.2) is 0 Å². The molecule has 5 nitrogen and oxygen atoms in total. The summed E-state index contributed by atoms with van der Waals surface area (Å²) < 4.78 is 4.30. The first-order chi connectivity index (χ1) is 8.48. The third-order valence-corrected chi connectivity index (χ3v) is 4.59. The molecule has 0 spiro atoms. The molecule has 0 radical (unpaired) electrons. The van der Waals surface area contributed by atoms with E-state index in [4.69, 9.17) is 23.0 Å². The summed E-state index contributed by atoms with van der Waals surface area (Å²) in [4.78, 5) is 13.8. The van der Waals surface area contributed by atoms with Crippen LogP contribution >= 0.6 is 6.34 Å². The van der Waals surface area contributed by atoms with Gasteiger partial charge in [0.1, 0.15) is 6.34 Å². The zero-order valence-corrected chi connectivity index (χ0v) is 12.6. The van der Waals surface area contributed by atoms with Crippen molar-refractivity contribution in [2.75, 3.05) is 6.16 Å². The highest BCUT2D eigenvalue weighted by Crippen LogP contribution is 2.39. The molecule has 0 rings (SSSR count). The van der Waals surface area contributed by atoms with Gasteiger partial charge in [0.05, 0.1) is 0 Å². The summed E-state index contributed by atoms with van der Waals surface area (Å²) in [7, 11) is 0. The molecule has 0 aromatic rings. The van der Waals surface area contributed by atoms with E-state index >= 15 is 0 Å². The van der Waals surface area contributed by atoms with Crippen LogP contribution in [0.3, 0.4) is 0 Å². The molecule has 0 aromatic heterocycles. The molecule has 0 saturated heterocycles. The Morgan fingerprint density at radius 1 is 1.28 bits per heavy atom. The van der Waals surface area contributed by atoms with Gasteiger partial charge in [-0.3, -0.25) is 5.50 Å². The molecule has 0 aliphatic heterocycles. The molecule has 0 heterocycles. The molecule has 0 fully saturated rings. The maximum atomic E-state index is 10.3. The average Bonchev–Trinajstić information content (AvgIpc) is 2.27. The van der Waals surface area contributed by atoms with Crippen molar-refractivity contribution in [2.24, 2.45) is 21.0 Å². The number of hydrogen-bond acceptors (Lipinski definition) is 2. The Morgan fingerprint density at radius 3 is 2.56 bits per heavy atom. The van der Waals surface area contributed by atoms with Crippen molar-refractivity contribution in [3.8, 4) is 0 Å². The van der Waals surface area contributed by atoms with E-state index in [1.165, 1.54) is 6.21 Å². The number of carbonyl (C=O) groups is 1. The number of nitrogens with two attached hydrogens (primary N) is 2. The summed E-state index contributed by atoms with van der Waals surface area (Å²) in [5.41, 5.74) is 10.8. The van der Waals surface area contributed by atoms with Crippen molar-refractivity contribution in [3.63, 3.8) is 0 Å². The number of hydrogen-bond donors (Lipinski definition) is 2. The van der Waals surface area contributed by atoms with Gasteiger partial charge in [-0.05, 0) is 25.7 Å². The second-order valence-corrected chi connectivity index (χ2v) is 8.15. The van der Waals surface area contributed by atoms with E-state index in [0.29, 0.717) is 6.42 Å². The van der Waals surface area contributed by atoms with Gasteiger partial charge >= 0.3 is 6.03 Å². The van der Waals surface area contributed by atoms with Crippen molar-refractivity contribution in [1.82, 2.24) is 0 Å². The highest BCUT2D eigenvalue weighted by atomic mass is 32.4. The maximum Gasteiger partial charge on any atom is 0.337 e. The molecular formula is C11H23N4OPS. The highest BCUT2D eigenvalue weighted by molar-refractivity contribution is 8.12. The molecule has 0 saturated carbocycles. The zero-order chi connectivity index (χ0) is 13.9. The Labute approximate surface area is 114 Å². The van der Waals surface area contributed by atoms with Crippen molar-refractivity contribution in [1.29, 1.82) is 0 Å². The molecule has 104 valence electrons. The molecule has 1 atom stereocenters. The quantitative estimate of drug-likeness (QED) is 0.388. The van der Waals surface area contributed by atoms with Gasteiger partial charge in [-0.25, -0.2) is 14.5 Å². The Kier molecular flexibility index (Phi) is 10.0. The molecule has 1 unspecified atom stereocenters. The van der Waals surface area contributed by atoms with Crippen LogP contribution in [0.5, 0.6) is 0 Å². The minimum Gasteiger partial charge on any atom is -0.350 e. The summed E-state index contributed by atoms with van der Waals surface area (Å²) >= 11 is 5.30. The van der Waals surface area contributed by atoms with Gasteiger partial charge in [-0.2, -0.15) is 0 Å². The molecule has 7 heteroatoms. The average molecular weight is 290 g/mol. The van der Waals surface area contributed by atoms with Crippen molar-refractivity contribution in [3.05, 3.63) is 0 Å². The number of rotatable bonds is 9. The fraction of sp³-hybridized carbons (Fsp3) is 0.727. The predicted octanol–water partition coefficient (Wildman–Crippen LogP) is 2.84. The van der Waals surface area contributed by atoms with Crippen LogP contribution in [-0.2, 0) is 11.8 Å². The third kappa shape index (κ3) is 11.9. The van der Waals surface area contributed by atoms with Crippen molar-refractivity contribution >= 4 is 36.6 Å². The summed E-state index contributed by atoms with van der Waals surface area (Å²) in [5.74, 6) is 0. The monoisotopic (exact) mass is 290 g/mol. The van der Waals surface area contributed by atoms with Crippen LogP contribution in [0.1, 0.15) is 45.4 Å². The Balaban J connectivity index is 3.73. The second-order valence-electron chi connectivity index (χ2n) is 4.07. The summed E-state index contributed by atoms with van der Waals surface area (Å²) in [6.07, 6.45) is 7.94. The lowest BCUT2D eigenvalue weighted by Gasteiger charge is -2.10. The Bertz CT molecular complexity index is 344. The van der Waals surface area contributed by atoms with Gasteiger partial charge in [0, 0.05) is 18.6 Å². The fourth-order valence-electron chi connectivity index (χ4n) is 1.30. The summed E-state index contributed by atoms with van der Waals surface area (Å²) in [6, 6.07) is -0.656. The zero-order valence-electron chi connectivity index (χ0n) is 10.9. The highest BCUT2D eigenvalue weighted by Gasteiger charge is 2.06. The number of urea groups is 1. The minimum absolute atomic E-state index is 0.656. The number of primary amides is 1. The summed E-state index contributed by atoms with van der Waals surface area (Å²) in [5, 5.41) is 0. The number of carbonyl (C=O) groups excluding carboxylic acids is 1. The SMILES string of the molecule is CCCCCP(N)(=S)N=CCCCC=NC(N)=O. The molecule has 0 aliphatic carbocycles. The van der Waals surface area contributed by atoms with Crippen LogP contribution in [0, 0.1) is 0 Å². The van der Waals surface area contributed by atoms with Gasteiger partial charge in [0.25, 0.3) is 0 Å². The summed E-state index contributed by atoms with van der Waals surface area (Å²) in [6.45, 7) is 2.15. The van der Waals surface area contributed by atoms with Gasteiger partial charge < -0.3 is 5.73 Å². The van der Waals surface area contributed by atoms with Crippen molar-refractivity contribution < 1.29 is 4.79 Å². The molecular weight excluding hydrogens is 267 g/mol. The topological polar surface area (TPSA) is 93.8 Å². The lowest BCUT2D eigenvalue weighted by atomic mass is 10.3. The van der Waals surface area contributed by atoms with Crippen LogP contribution in [-0.4, -0.2) is 24.6 Å². The number of nitrogens with zero attached hydrogens (tertiary/aromatic N) is 2. The predicted molar refractivity (Wildman–Crippen MR) is 83.3 cm³/mol. The number of amides is 2. The number of unbranched alkanes of at least 4 members (excludes halogenated alkanes) is 4. The van der Waals surface area contributed by atoms with Crippen LogP contribution in [0.4, 0.5) is 4.79 Å². The third-order valence-electron chi connectivity index (χ3n) is 2.24. The molecule has 2 amide bonds. The van der Waals surface area contributed by atoms with E-state index in [9.17, 15) is 4.79 Å². The number of aliphatic imine (C=N–C) groups is 1. The Morgan fingerprint density at radius 2 is 1.94 bits per heavy atom. The van der Waals surface area contributed by atoms with Crippen LogP contribution in [0.25, 0.3) is 0 Å². The molecule has 0 bridgehead atoms. The first-order valence-corrected chi connectivity index (χ1v) is 9.22. The van der Waals surface area contributed by atoms with Gasteiger partial charge in [-0.15, -0.1) is 0 Å². The molecule has 18 heavy (non-hydrogen) atoms. The largest absolute Gasteiger partial charge is 0.350 e. The van der Waals surface area contributed by atoms with Gasteiger partial charge in [0.2, 0.25) is 0 Å². The Hall–Kier alpha value is -0.580. The molecule has 4 N–H and O–H groups in total. The second kappa shape index (κ2) is 10.4. The van der Waals surface area contributed by atoms with E-state index in [-0.39, 0.29) is 0 Å². The smallest absolute Gasteiger partial charge is 0.337 e. The standard InChI is InChI=1S/C11H23N4OPS/c1-2-3-7-10-17(13,18)15-9-6-4-5-8-14-11(12)16/h8-9H,2-7,10H2,1H3,(H2,12,16)(H2,13,18).